The number of non-ortho nitro benzene ring substituents is 1. The van der Waals surface area contributed by atoms with E-state index in [2.05, 4.69) is 4.98 Å². The molecule has 0 bridgehead atoms. The minimum Gasteiger partial charge on any atom is -0.436 e. The number of hydrogen-bond acceptors (Lipinski definition) is 6. The topological polar surface area (TPSA) is 103 Å². The highest BCUT2D eigenvalue weighted by Crippen LogP contribution is 2.37. The van der Waals surface area contributed by atoms with Gasteiger partial charge >= 0.3 is 0 Å². The van der Waals surface area contributed by atoms with Gasteiger partial charge in [-0.2, -0.15) is 0 Å². The van der Waals surface area contributed by atoms with Crippen molar-refractivity contribution in [2.75, 3.05) is 0 Å². The lowest BCUT2D eigenvalue weighted by atomic mass is 9.90. The number of nitro benzene ring substituents is 1. The van der Waals surface area contributed by atoms with Crippen molar-refractivity contribution in [3.63, 3.8) is 0 Å². The van der Waals surface area contributed by atoms with Gasteiger partial charge in [-0.1, -0.05) is 20.8 Å². The Labute approximate surface area is 125 Å². The van der Waals surface area contributed by atoms with Gasteiger partial charge in [0.05, 0.1) is 4.92 Å². The molecule has 1 aliphatic carbocycles. The summed E-state index contributed by atoms with van der Waals surface area (Å²) >= 11 is 0. The lowest BCUT2D eigenvalue weighted by molar-refractivity contribution is -0.384. The van der Waals surface area contributed by atoms with E-state index in [-0.39, 0.29) is 28.3 Å². The van der Waals surface area contributed by atoms with Crippen molar-refractivity contribution in [2.24, 2.45) is 0 Å². The molecule has 2 aromatic rings. The summed E-state index contributed by atoms with van der Waals surface area (Å²) in [7, 11) is 0. The molecule has 0 spiro atoms. The Morgan fingerprint density at radius 3 is 2.41 bits per heavy atom. The summed E-state index contributed by atoms with van der Waals surface area (Å²) in [5.41, 5.74) is -0.0769. The number of rotatable bonds is 1. The third-order valence-corrected chi connectivity index (χ3v) is 3.39. The fraction of sp³-hybridized carbons (Fsp3) is 0.267. The van der Waals surface area contributed by atoms with Gasteiger partial charge in [0.25, 0.3) is 11.5 Å². The number of carbonyl (C=O) groups is 2. The SMILES string of the molecule is CC(C)(C)c1nc2c(o1)C(=O)C(=O)c1ccc([N+](=O)[O-])cc1-2. The second kappa shape index (κ2) is 4.33. The van der Waals surface area contributed by atoms with E-state index in [1.165, 1.54) is 18.2 Å². The molecule has 7 heteroatoms. The van der Waals surface area contributed by atoms with Gasteiger partial charge in [0.15, 0.2) is 0 Å². The Morgan fingerprint density at radius 2 is 1.82 bits per heavy atom. The highest BCUT2D eigenvalue weighted by molar-refractivity contribution is 6.52. The number of oxazole rings is 1. The predicted molar refractivity (Wildman–Crippen MR) is 76.0 cm³/mol. The molecule has 0 saturated carbocycles. The number of benzene rings is 1. The molecular formula is C15H12N2O5. The van der Waals surface area contributed by atoms with Crippen LogP contribution in [0.4, 0.5) is 5.69 Å². The summed E-state index contributed by atoms with van der Waals surface area (Å²) in [6.45, 7) is 5.56. The van der Waals surface area contributed by atoms with Crippen LogP contribution in [0, 0.1) is 10.1 Å². The maximum absolute atomic E-state index is 12.1. The number of nitrogens with zero attached hydrogens (tertiary/aromatic N) is 2. The highest BCUT2D eigenvalue weighted by atomic mass is 16.6. The molecule has 22 heavy (non-hydrogen) atoms. The first-order chi connectivity index (χ1) is 10.2. The van der Waals surface area contributed by atoms with E-state index in [1.807, 2.05) is 20.8 Å². The zero-order valence-electron chi connectivity index (χ0n) is 12.2. The summed E-state index contributed by atoms with van der Waals surface area (Å²) < 4.78 is 5.46. The van der Waals surface area contributed by atoms with E-state index in [9.17, 15) is 19.7 Å². The molecule has 112 valence electrons. The standard InChI is InChI=1S/C15H12N2O5/c1-15(2,3)14-16-10-9-6-7(17(20)21)4-5-8(9)11(18)12(19)13(10)22-14/h4-6H,1-3H3. The Hall–Kier alpha value is -2.83. The first kappa shape index (κ1) is 14.1. The summed E-state index contributed by atoms with van der Waals surface area (Å²) in [5, 5.41) is 10.9. The van der Waals surface area contributed by atoms with Crippen LogP contribution in [0.2, 0.25) is 0 Å². The van der Waals surface area contributed by atoms with Crippen LogP contribution in [0.1, 0.15) is 47.6 Å². The fourth-order valence-corrected chi connectivity index (χ4v) is 2.24. The Morgan fingerprint density at radius 1 is 1.14 bits per heavy atom. The van der Waals surface area contributed by atoms with Crippen molar-refractivity contribution in [1.29, 1.82) is 0 Å². The average molecular weight is 300 g/mol. The molecular weight excluding hydrogens is 288 g/mol. The Balaban J connectivity index is 2.30. The monoisotopic (exact) mass is 300 g/mol. The average Bonchev–Trinajstić information content (AvgIpc) is 2.89. The molecule has 1 aromatic heterocycles. The normalized spacial score (nSPS) is 13.8. The van der Waals surface area contributed by atoms with Crippen LogP contribution < -0.4 is 0 Å². The number of nitro groups is 1. The molecule has 0 saturated heterocycles. The molecule has 1 aliphatic rings. The van der Waals surface area contributed by atoms with Gasteiger partial charge in [0.1, 0.15) is 5.69 Å². The molecule has 0 fully saturated rings. The molecule has 0 radical (unpaired) electrons. The molecule has 0 aliphatic heterocycles. The van der Waals surface area contributed by atoms with Gasteiger partial charge in [-0.05, 0) is 6.07 Å². The van der Waals surface area contributed by atoms with Crippen LogP contribution in [0.15, 0.2) is 22.6 Å². The first-order valence-corrected chi connectivity index (χ1v) is 6.59. The highest BCUT2D eigenvalue weighted by Gasteiger charge is 2.38. The zero-order valence-corrected chi connectivity index (χ0v) is 12.2. The second-order valence-corrected chi connectivity index (χ2v) is 6.09. The van der Waals surface area contributed by atoms with Gasteiger partial charge in [-0.15, -0.1) is 0 Å². The summed E-state index contributed by atoms with van der Waals surface area (Å²) in [4.78, 5) is 38.9. The van der Waals surface area contributed by atoms with Crippen molar-refractivity contribution in [2.45, 2.75) is 26.2 Å². The molecule has 0 amide bonds. The van der Waals surface area contributed by atoms with Gasteiger partial charge < -0.3 is 4.42 Å². The van der Waals surface area contributed by atoms with Gasteiger partial charge in [-0.3, -0.25) is 19.7 Å². The van der Waals surface area contributed by atoms with Crippen LogP contribution >= 0.6 is 0 Å². The van der Waals surface area contributed by atoms with Gasteiger partial charge in [0, 0.05) is 28.7 Å². The maximum Gasteiger partial charge on any atom is 0.271 e. The van der Waals surface area contributed by atoms with E-state index in [0.717, 1.165) is 0 Å². The molecule has 1 heterocycles. The van der Waals surface area contributed by atoms with E-state index < -0.39 is 21.9 Å². The molecule has 0 atom stereocenters. The zero-order chi connectivity index (χ0) is 16.2. The van der Waals surface area contributed by atoms with E-state index in [1.54, 1.807) is 0 Å². The van der Waals surface area contributed by atoms with Crippen LogP contribution in [0.25, 0.3) is 11.3 Å². The quantitative estimate of drug-likeness (QED) is 0.455. The van der Waals surface area contributed by atoms with Crippen LogP contribution in [0.5, 0.6) is 0 Å². The van der Waals surface area contributed by atoms with Crippen molar-refractivity contribution >= 4 is 17.3 Å². The largest absolute Gasteiger partial charge is 0.436 e. The lowest BCUT2D eigenvalue weighted by Crippen LogP contribution is -2.20. The van der Waals surface area contributed by atoms with Crippen LogP contribution in [-0.2, 0) is 5.41 Å². The number of ketones is 2. The molecule has 3 rings (SSSR count). The maximum atomic E-state index is 12.1. The molecule has 0 unspecified atom stereocenters. The predicted octanol–water partition coefficient (Wildman–Crippen LogP) is 2.93. The molecule has 0 N–H and O–H groups in total. The number of fused-ring (bicyclic) bond motifs is 3. The summed E-state index contributed by atoms with van der Waals surface area (Å²) in [5.74, 6) is -1.37. The Bertz CT molecular complexity index is 842. The van der Waals surface area contributed by atoms with Crippen molar-refractivity contribution in [3.8, 4) is 11.3 Å². The van der Waals surface area contributed by atoms with Crippen molar-refractivity contribution in [3.05, 3.63) is 45.5 Å². The first-order valence-electron chi connectivity index (χ1n) is 6.59. The van der Waals surface area contributed by atoms with Crippen LogP contribution in [0.3, 0.4) is 0 Å². The lowest BCUT2D eigenvalue weighted by Gasteiger charge is -2.11. The van der Waals surface area contributed by atoms with E-state index in [0.29, 0.717) is 5.89 Å². The van der Waals surface area contributed by atoms with Crippen molar-refractivity contribution < 1.29 is 18.9 Å². The fourth-order valence-electron chi connectivity index (χ4n) is 2.24. The Kier molecular flexibility index (Phi) is 2.78. The second-order valence-electron chi connectivity index (χ2n) is 6.09. The van der Waals surface area contributed by atoms with Gasteiger partial charge in [0.2, 0.25) is 17.4 Å². The smallest absolute Gasteiger partial charge is 0.271 e. The third kappa shape index (κ3) is 1.93. The van der Waals surface area contributed by atoms with Crippen molar-refractivity contribution in [1.82, 2.24) is 4.98 Å². The number of aromatic nitrogens is 1. The summed E-state index contributed by atoms with van der Waals surface area (Å²) in [6, 6.07) is 3.72. The number of carbonyl (C=O) groups excluding carboxylic acids is 2. The molecule has 1 aromatic carbocycles. The number of Topliss-reactive ketones (excluding diaryl/α,β-unsaturated/α-hetero) is 2. The van der Waals surface area contributed by atoms with E-state index in [4.69, 9.17) is 4.42 Å². The summed E-state index contributed by atoms with van der Waals surface area (Å²) in [6.07, 6.45) is 0. The number of hydrogen-bond donors (Lipinski definition) is 0. The molecule has 7 nitrogen and oxygen atoms in total. The third-order valence-electron chi connectivity index (χ3n) is 3.39. The van der Waals surface area contributed by atoms with Gasteiger partial charge in [-0.25, -0.2) is 4.98 Å². The minimum absolute atomic E-state index is 0.108. The van der Waals surface area contributed by atoms with Crippen LogP contribution in [-0.4, -0.2) is 21.5 Å². The minimum atomic E-state index is -0.778. The van der Waals surface area contributed by atoms with E-state index >= 15 is 0 Å².